The quantitative estimate of drug-likeness (QED) is 0.890. The van der Waals surface area contributed by atoms with Gasteiger partial charge in [0.2, 0.25) is 5.91 Å². The number of carbonyl (C=O) groups is 1. The van der Waals surface area contributed by atoms with Gasteiger partial charge in [-0.3, -0.25) is 4.79 Å². The molecule has 1 aromatic rings. The van der Waals surface area contributed by atoms with Gasteiger partial charge < -0.3 is 15.4 Å². The van der Waals surface area contributed by atoms with Gasteiger partial charge in [0.25, 0.3) is 0 Å². The fourth-order valence-electron chi connectivity index (χ4n) is 2.32. The maximum absolute atomic E-state index is 12.2. The Bertz CT molecular complexity index is 473. The smallest absolute Gasteiger partial charge is 0.238 e. The van der Waals surface area contributed by atoms with Crippen LogP contribution in [0, 0.1) is 6.92 Å². The first-order valence-corrected chi connectivity index (χ1v) is 8.03. The normalized spacial score (nSPS) is 20.2. The molecule has 0 aromatic heterocycles. The van der Waals surface area contributed by atoms with E-state index in [-0.39, 0.29) is 18.0 Å². The van der Waals surface area contributed by atoms with Gasteiger partial charge >= 0.3 is 0 Å². The highest BCUT2D eigenvalue weighted by Crippen LogP contribution is 2.26. The number of ether oxygens (including phenoxy) is 1. The molecule has 0 radical (unpaired) electrons. The average molecular weight is 294 g/mol. The standard InChI is InChI=1S/C15H22N2O2S/c1-10-4-5-14(19-3)12(8-10)11(2)17-15(18)13-9-20-7-6-16-13/h4-5,8,11,13,16H,6-7,9H2,1-3H3,(H,17,18). The molecule has 0 aliphatic carbocycles. The second-order valence-corrected chi connectivity index (χ2v) is 6.21. The third-order valence-corrected chi connectivity index (χ3v) is 4.51. The van der Waals surface area contributed by atoms with Crippen LogP contribution in [-0.2, 0) is 4.79 Å². The lowest BCUT2D eigenvalue weighted by atomic mass is 10.0. The SMILES string of the molecule is COc1ccc(C)cc1C(C)NC(=O)C1CSCCN1. The molecule has 1 amide bonds. The number of nitrogens with one attached hydrogen (secondary N) is 2. The molecule has 5 heteroatoms. The molecule has 2 atom stereocenters. The summed E-state index contributed by atoms with van der Waals surface area (Å²) in [5.74, 6) is 2.79. The molecule has 1 aliphatic rings. The third kappa shape index (κ3) is 3.67. The molecule has 0 saturated carbocycles. The topological polar surface area (TPSA) is 50.4 Å². The molecule has 0 bridgehead atoms. The first kappa shape index (κ1) is 15.2. The summed E-state index contributed by atoms with van der Waals surface area (Å²) in [5, 5.41) is 6.32. The molecule has 1 aliphatic heterocycles. The number of carbonyl (C=O) groups excluding carboxylic acids is 1. The van der Waals surface area contributed by atoms with Crippen molar-refractivity contribution in [1.29, 1.82) is 0 Å². The van der Waals surface area contributed by atoms with Gasteiger partial charge in [0.1, 0.15) is 5.75 Å². The molecule has 2 rings (SSSR count). The Balaban J connectivity index is 2.05. The largest absolute Gasteiger partial charge is 0.496 e. The van der Waals surface area contributed by atoms with Crippen LogP contribution in [0.2, 0.25) is 0 Å². The number of aryl methyl sites for hydroxylation is 1. The van der Waals surface area contributed by atoms with Gasteiger partial charge in [-0.25, -0.2) is 0 Å². The minimum atomic E-state index is -0.0907. The van der Waals surface area contributed by atoms with Gasteiger partial charge in [0, 0.05) is 23.6 Å². The van der Waals surface area contributed by atoms with Crippen molar-refractivity contribution < 1.29 is 9.53 Å². The van der Waals surface area contributed by atoms with Crippen LogP contribution in [0.1, 0.15) is 24.1 Å². The van der Waals surface area contributed by atoms with E-state index in [2.05, 4.69) is 16.7 Å². The van der Waals surface area contributed by atoms with E-state index in [1.807, 2.05) is 37.7 Å². The first-order valence-electron chi connectivity index (χ1n) is 6.88. The van der Waals surface area contributed by atoms with Crippen LogP contribution in [0.3, 0.4) is 0 Å². The second kappa shape index (κ2) is 6.99. The van der Waals surface area contributed by atoms with Crippen LogP contribution in [0.5, 0.6) is 5.75 Å². The predicted molar refractivity (Wildman–Crippen MR) is 83.4 cm³/mol. The summed E-state index contributed by atoms with van der Waals surface area (Å²) < 4.78 is 5.38. The maximum Gasteiger partial charge on any atom is 0.238 e. The van der Waals surface area contributed by atoms with Gasteiger partial charge in [-0.1, -0.05) is 17.7 Å². The van der Waals surface area contributed by atoms with Gasteiger partial charge in [-0.15, -0.1) is 0 Å². The second-order valence-electron chi connectivity index (χ2n) is 5.06. The molecule has 110 valence electrons. The van der Waals surface area contributed by atoms with E-state index in [0.29, 0.717) is 0 Å². The number of amides is 1. The van der Waals surface area contributed by atoms with E-state index < -0.39 is 0 Å². The van der Waals surface area contributed by atoms with Crippen LogP contribution >= 0.6 is 11.8 Å². The molecule has 20 heavy (non-hydrogen) atoms. The highest BCUT2D eigenvalue weighted by Gasteiger charge is 2.23. The zero-order valence-electron chi connectivity index (χ0n) is 12.2. The van der Waals surface area contributed by atoms with Crippen LogP contribution in [0.4, 0.5) is 0 Å². The van der Waals surface area contributed by atoms with Crippen molar-refractivity contribution in [3.8, 4) is 5.75 Å². The summed E-state index contributed by atoms with van der Waals surface area (Å²) in [4.78, 5) is 12.2. The molecular weight excluding hydrogens is 272 g/mol. The molecule has 2 unspecified atom stereocenters. The minimum absolute atomic E-state index is 0.0632. The lowest BCUT2D eigenvalue weighted by Crippen LogP contribution is -2.49. The summed E-state index contributed by atoms with van der Waals surface area (Å²) in [7, 11) is 1.65. The molecule has 2 N–H and O–H groups in total. The zero-order valence-corrected chi connectivity index (χ0v) is 13.0. The summed E-state index contributed by atoms with van der Waals surface area (Å²) in [6, 6.07) is 5.86. The molecule has 1 heterocycles. The van der Waals surface area contributed by atoms with Gasteiger partial charge in [-0.05, 0) is 19.9 Å². The fraction of sp³-hybridized carbons (Fsp3) is 0.533. The Hall–Kier alpha value is -1.20. The van der Waals surface area contributed by atoms with Crippen molar-refractivity contribution >= 4 is 17.7 Å². The summed E-state index contributed by atoms with van der Waals surface area (Å²) in [5.41, 5.74) is 2.18. The maximum atomic E-state index is 12.2. The highest BCUT2D eigenvalue weighted by atomic mass is 32.2. The van der Waals surface area contributed by atoms with Gasteiger partial charge in [-0.2, -0.15) is 11.8 Å². The Morgan fingerprint density at radius 3 is 3.00 bits per heavy atom. The monoisotopic (exact) mass is 294 g/mol. The molecule has 1 saturated heterocycles. The third-order valence-electron chi connectivity index (χ3n) is 3.45. The van der Waals surface area contributed by atoms with E-state index >= 15 is 0 Å². The summed E-state index contributed by atoms with van der Waals surface area (Å²) in [6.07, 6.45) is 0. The van der Waals surface area contributed by atoms with Crippen molar-refractivity contribution in [3.63, 3.8) is 0 Å². The van der Waals surface area contributed by atoms with E-state index in [0.717, 1.165) is 34.9 Å². The van der Waals surface area contributed by atoms with E-state index in [4.69, 9.17) is 4.74 Å². The lowest BCUT2D eigenvalue weighted by molar-refractivity contribution is -0.123. The molecule has 4 nitrogen and oxygen atoms in total. The lowest BCUT2D eigenvalue weighted by Gasteiger charge is -2.25. The Morgan fingerprint density at radius 1 is 1.55 bits per heavy atom. The highest BCUT2D eigenvalue weighted by molar-refractivity contribution is 7.99. The van der Waals surface area contributed by atoms with Crippen LogP contribution in [-0.4, -0.2) is 37.1 Å². The summed E-state index contributed by atoms with van der Waals surface area (Å²) in [6.45, 7) is 4.92. The van der Waals surface area contributed by atoms with Crippen molar-refractivity contribution in [1.82, 2.24) is 10.6 Å². The number of benzene rings is 1. The van der Waals surface area contributed by atoms with Crippen LogP contribution in [0.15, 0.2) is 18.2 Å². The van der Waals surface area contributed by atoms with Crippen molar-refractivity contribution in [2.24, 2.45) is 0 Å². The molecule has 1 fully saturated rings. The molecule has 1 aromatic carbocycles. The number of methoxy groups -OCH3 is 1. The average Bonchev–Trinajstić information content (AvgIpc) is 2.48. The Labute approximate surface area is 124 Å². The Morgan fingerprint density at radius 2 is 2.35 bits per heavy atom. The van der Waals surface area contributed by atoms with Gasteiger partial charge in [0.15, 0.2) is 0 Å². The summed E-state index contributed by atoms with van der Waals surface area (Å²) >= 11 is 1.82. The zero-order chi connectivity index (χ0) is 14.5. The van der Waals surface area contributed by atoms with Gasteiger partial charge in [0.05, 0.1) is 19.2 Å². The fourth-order valence-corrected chi connectivity index (χ4v) is 3.25. The van der Waals surface area contributed by atoms with E-state index in [1.165, 1.54) is 0 Å². The number of thioether (sulfide) groups is 1. The number of hydrogen-bond acceptors (Lipinski definition) is 4. The molecular formula is C15H22N2O2S. The Kier molecular flexibility index (Phi) is 5.31. The van der Waals surface area contributed by atoms with Crippen molar-refractivity contribution in [3.05, 3.63) is 29.3 Å². The van der Waals surface area contributed by atoms with Crippen molar-refractivity contribution in [2.75, 3.05) is 25.2 Å². The number of hydrogen-bond donors (Lipinski definition) is 2. The van der Waals surface area contributed by atoms with E-state index in [1.54, 1.807) is 7.11 Å². The van der Waals surface area contributed by atoms with E-state index in [9.17, 15) is 4.79 Å². The minimum Gasteiger partial charge on any atom is -0.496 e. The van der Waals surface area contributed by atoms with Crippen LogP contribution in [0.25, 0.3) is 0 Å². The van der Waals surface area contributed by atoms with Crippen molar-refractivity contribution in [2.45, 2.75) is 25.9 Å². The predicted octanol–water partition coefficient (Wildman–Crippen LogP) is 1.89. The molecule has 0 spiro atoms. The first-order chi connectivity index (χ1) is 9.61. The number of rotatable bonds is 4. The van der Waals surface area contributed by atoms with Crippen LogP contribution < -0.4 is 15.4 Å².